The zero-order chi connectivity index (χ0) is 13.8. The van der Waals surface area contributed by atoms with Crippen LogP contribution in [0.1, 0.15) is 30.1 Å². The molecular weight excluding hydrogens is 249 g/mol. The number of nitrogens with two attached hydrogens (primary N) is 1. The fourth-order valence-electron chi connectivity index (χ4n) is 2.33. The van der Waals surface area contributed by atoms with Crippen molar-refractivity contribution in [2.45, 2.75) is 25.9 Å². The molecule has 2 rings (SSSR count). The molecule has 1 aliphatic heterocycles. The standard InChI is InChI=1S/C13H18FN3O2/c1-2-10-8(4-6-19-10)7-17-13(18)9-3-5-16-12(15)11(9)14/h3,5,8,10H,2,4,6-7H2,1H3,(H2,15,16)(H,17,18). The van der Waals surface area contributed by atoms with Crippen LogP contribution in [0.25, 0.3) is 0 Å². The summed E-state index contributed by atoms with van der Waals surface area (Å²) in [5.74, 6) is -1.21. The fraction of sp³-hybridized carbons (Fsp3) is 0.538. The van der Waals surface area contributed by atoms with Crippen LogP contribution in [-0.4, -0.2) is 30.1 Å². The maximum atomic E-state index is 13.6. The number of nitrogen functional groups attached to an aromatic ring is 1. The lowest BCUT2D eigenvalue weighted by Crippen LogP contribution is -2.33. The molecule has 0 aliphatic carbocycles. The van der Waals surface area contributed by atoms with Gasteiger partial charge in [0.1, 0.15) is 0 Å². The third-order valence-corrected chi connectivity index (χ3v) is 3.43. The molecule has 2 heterocycles. The van der Waals surface area contributed by atoms with Crippen LogP contribution in [0.2, 0.25) is 0 Å². The van der Waals surface area contributed by atoms with Gasteiger partial charge in [-0.05, 0) is 18.9 Å². The van der Waals surface area contributed by atoms with Crippen LogP contribution in [0.5, 0.6) is 0 Å². The molecule has 104 valence electrons. The molecular formula is C13H18FN3O2. The van der Waals surface area contributed by atoms with Gasteiger partial charge in [-0.15, -0.1) is 0 Å². The van der Waals surface area contributed by atoms with Crippen molar-refractivity contribution in [3.8, 4) is 0 Å². The Labute approximate surface area is 111 Å². The molecule has 2 atom stereocenters. The molecule has 1 aromatic heterocycles. The predicted octanol–water partition coefficient (Wildman–Crippen LogP) is 1.35. The van der Waals surface area contributed by atoms with E-state index in [1.54, 1.807) is 0 Å². The number of amides is 1. The summed E-state index contributed by atoms with van der Waals surface area (Å²) in [5.41, 5.74) is 5.26. The summed E-state index contributed by atoms with van der Waals surface area (Å²) in [4.78, 5) is 15.5. The van der Waals surface area contributed by atoms with Crippen molar-refractivity contribution in [3.05, 3.63) is 23.6 Å². The van der Waals surface area contributed by atoms with Gasteiger partial charge in [0.25, 0.3) is 5.91 Å². The van der Waals surface area contributed by atoms with E-state index in [0.717, 1.165) is 19.4 Å². The Balaban J connectivity index is 1.96. The van der Waals surface area contributed by atoms with Crippen molar-refractivity contribution < 1.29 is 13.9 Å². The predicted molar refractivity (Wildman–Crippen MR) is 69.1 cm³/mol. The van der Waals surface area contributed by atoms with Crippen LogP contribution in [0.3, 0.4) is 0 Å². The van der Waals surface area contributed by atoms with Gasteiger partial charge in [0, 0.05) is 25.3 Å². The summed E-state index contributed by atoms with van der Waals surface area (Å²) < 4.78 is 19.2. The fourth-order valence-corrected chi connectivity index (χ4v) is 2.33. The molecule has 0 saturated carbocycles. The number of nitrogens with zero attached hydrogens (tertiary/aromatic N) is 1. The highest BCUT2D eigenvalue weighted by Crippen LogP contribution is 2.22. The largest absolute Gasteiger partial charge is 0.381 e. The number of nitrogens with one attached hydrogen (secondary N) is 1. The minimum atomic E-state index is -0.769. The summed E-state index contributed by atoms with van der Waals surface area (Å²) in [5, 5.41) is 2.73. The van der Waals surface area contributed by atoms with Crippen LogP contribution in [0.4, 0.5) is 10.2 Å². The van der Waals surface area contributed by atoms with E-state index in [0.29, 0.717) is 6.54 Å². The Morgan fingerprint density at radius 3 is 3.21 bits per heavy atom. The molecule has 3 N–H and O–H groups in total. The third-order valence-electron chi connectivity index (χ3n) is 3.43. The number of hydrogen-bond donors (Lipinski definition) is 2. The first-order chi connectivity index (χ1) is 9.13. The molecule has 1 aliphatic rings. The molecule has 2 unspecified atom stereocenters. The van der Waals surface area contributed by atoms with Crippen molar-refractivity contribution in [1.82, 2.24) is 10.3 Å². The van der Waals surface area contributed by atoms with E-state index < -0.39 is 11.7 Å². The second kappa shape index (κ2) is 5.97. The topological polar surface area (TPSA) is 77.2 Å². The van der Waals surface area contributed by atoms with Crippen molar-refractivity contribution in [1.29, 1.82) is 0 Å². The third kappa shape index (κ3) is 3.01. The van der Waals surface area contributed by atoms with Crippen LogP contribution in [0, 0.1) is 11.7 Å². The van der Waals surface area contributed by atoms with Crippen LogP contribution < -0.4 is 11.1 Å². The van der Waals surface area contributed by atoms with Gasteiger partial charge in [-0.3, -0.25) is 4.79 Å². The second-order valence-corrected chi connectivity index (χ2v) is 4.63. The summed E-state index contributed by atoms with van der Waals surface area (Å²) in [7, 11) is 0. The lowest BCUT2D eigenvalue weighted by Gasteiger charge is -2.17. The normalized spacial score (nSPS) is 22.4. The van der Waals surface area contributed by atoms with Crippen LogP contribution >= 0.6 is 0 Å². The van der Waals surface area contributed by atoms with Gasteiger partial charge in [-0.25, -0.2) is 9.37 Å². The Bertz CT molecular complexity index is 467. The minimum Gasteiger partial charge on any atom is -0.381 e. The second-order valence-electron chi connectivity index (χ2n) is 4.63. The molecule has 6 heteroatoms. The summed E-state index contributed by atoms with van der Waals surface area (Å²) in [6, 6.07) is 1.32. The van der Waals surface area contributed by atoms with E-state index in [4.69, 9.17) is 10.5 Å². The lowest BCUT2D eigenvalue weighted by atomic mass is 9.99. The molecule has 0 bridgehead atoms. The average Bonchev–Trinajstić information content (AvgIpc) is 2.86. The van der Waals surface area contributed by atoms with E-state index in [2.05, 4.69) is 10.3 Å². The maximum absolute atomic E-state index is 13.6. The van der Waals surface area contributed by atoms with Gasteiger partial charge in [-0.2, -0.15) is 0 Å². The monoisotopic (exact) mass is 267 g/mol. The van der Waals surface area contributed by atoms with E-state index in [1.807, 2.05) is 6.92 Å². The maximum Gasteiger partial charge on any atom is 0.254 e. The first kappa shape index (κ1) is 13.7. The van der Waals surface area contributed by atoms with Crippen molar-refractivity contribution >= 4 is 11.7 Å². The molecule has 0 spiro atoms. The summed E-state index contributed by atoms with van der Waals surface area (Å²) in [6.07, 6.45) is 3.32. The van der Waals surface area contributed by atoms with Crippen LogP contribution in [-0.2, 0) is 4.74 Å². The molecule has 0 radical (unpaired) electrons. The Morgan fingerprint density at radius 1 is 1.68 bits per heavy atom. The molecule has 0 aromatic carbocycles. The Kier molecular flexibility index (Phi) is 4.31. The average molecular weight is 267 g/mol. The zero-order valence-electron chi connectivity index (χ0n) is 10.9. The molecule has 1 saturated heterocycles. The van der Waals surface area contributed by atoms with E-state index in [9.17, 15) is 9.18 Å². The summed E-state index contributed by atoms with van der Waals surface area (Å²) >= 11 is 0. The number of pyridine rings is 1. The smallest absolute Gasteiger partial charge is 0.254 e. The molecule has 5 nitrogen and oxygen atoms in total. The first-order valence-electron chi connectivity index (χ1n) is 6.43. The minimum absolute atomic E-state index is 0.0699. The van der Waals surface area contributed by atoms with Crippen molar-refractivity contribution in [2.24, 2.45) is 5.92 Å². The van der Waals surface area contributed by atoms with Gasteiger partial charge in [-0.1, -0.05) is 6.92 Å². The van der Waals surface area contributed by atoms with Crippen LogP contribution in [0.15, 0.2) is 12.3 Å². The SMILES string of the molecule is CCC1OCCC1CNC(=O)c1ccnc(N)c1F. The molecule has 19 heavy (non-hydrogen) atoms. The highest BCUT2D eigenvalue weighted by molar-refractivity contribution is 5.95. The highest BCUT2D eigenvalue weighted by atomic mass is 19.1. The Morgan fingerprint density at radius 2 is 2.47 bits per heavy atom. The zero-order valence-corrected chi connectivity index (χ0v) is 10.9. The molecule has 1 fully saturated rings. The first-order valence-corrected chi connectivity index (χ1v) is 6.43. The van der Waals surface area contributed by atoms with Gasteiger partial charge < -0.3 is 15.8 Å². The number of halogens is 1. The lowest BCUT2D eigenvalue weighted by molar-refractivity contribution is 0.0825. The van der Waals surface area contributed by atoms with E-state index in [1.165, 1.54) is 12.3 Å². The number of anilines is 1. The van der Waals surface area contributed by atoms with Gasteiger partial charge >= 0.3 is 0 Å². The van der Waals surface area contributed by atoms with Crippen molar-refractivity contribution in [3.63, 3.8) is 0 Å². The van der Waals surface area contributed by atoms with Gasteiger partial charge in [0.15, 0.2) is 11.6 Å². The van der Waals surface area contributed by atoms with Gasteiger partial charge in [0.2, 0.25) is 0 Å². The quantitative estimate of drug-likeness (QED) is 0.863. The number of aromatic nitrogens is 1. The number of carbonyl (C=O) groups is 1. The Hall–Kier alpha value is -1.69. The van der Waals surface area contributed by atoms with Crippen molar-refractivity contribution in [2.75, 3.05) is 18.9 Å². The number of hydrogen-bond acceptors (Lipinski definition) is 4. The number of ether oxygens (including phenoxy) is 1. The molecule has 1 amide bonds. The number of carbonyl (C=O) groups excluding carboxylic acids is 1. The summed E-state index contributed by atoms with van der Waals surface area (Å²) in [6.45, 7) is 3.25. The van der Waals surface area contributed by atoms with E-state index in [-0.39, 0.29) is 23.4 Å². The van der Waals surface area contributed by atoms with E-state index >= 15 is 0 Å². The van der Waals surface area contributed by atoms with Gasteiger partial charge in [0.05, 0.1) is 11.7 Å². The number of rotatable bonds is 4. The molecule has 1 aromatic rings. The highest BCUT2D eigenvalue weighted by Gasteiger charge is 2.27.